The number of nitrogens with one attached hydrogen (secondary N) is 2. The van der Waals surface area contributed by atoms with Gasteiger partial charge in [-0.25, -0.2) is 9.78 Å². The van der Waals surface area contributed by atoms with Gasteiger partial charge in [0.15, 0.2) is 0 Å². The highest BCUT2D eigenvalue weighted by atomic mass is 16.5. The number of hydrogen-bond donors (Lipinski definition) is 2. The molecule has 152 valence electrons. The summed E-state index contributed by atoms with van der Waals surface area (Å²) >= 11 is 0. The zero-order valence-corrected chi connectivity index (χ0v) is 16.3. The minimum Gasteiger partial charge on any atom is -0.494 e. The van der Waals surface area contributed by atoms with E-state index in [-0.39, 0.29) is 24.6 Å². The van der Waals surface area contributed by atoms with Crippen LogP contribution in [-0.4, -0.2) is 33.6 Å². The molecule has 2 heterocycles. The zero-order valence-electron chi connectivity index (χ0n) is 16.3. The molecule has 1 aromatic carbocycles. The maximum absolute atomic E-state index is 12.4. The number of carbonyl (C=O) groups is 1. The number of carbonyl (C=O) groups excluding carboxylic acids is 1. The molecule has 0 bridgehead atoms. The lowest BCUT2D eigenvalue weighted by atomic mass is 10.2. The van der Waals surface area contributed by atoms with Crippen LogP contribution in [0.25, 0.3) is 11.0 Å². The Hall–Kier alpha value is -3.42. The van der Waals surface area contributed by atoms with Crippen LogP contribution in [0.3, 0.4) is 0 Å². The van der Waals surface area contributed by atoms with Crippen molar-refractivity contribution >= 4 is 16.9 Å². The van der Waals surface area contributed by atoms with Crippen LogP contribution in [0.15, 0.2) is 52.2 Å². The van der Waals surface area contributed by atoms with Crippen molar-refractivity contribution in [1.29, 1.82) is 0 Å². The Bertz CT molecular complexity index is 1090. The summed E-state index contributed by atoms with van der Waals surface area (Å²) in [7, 11) is 0. The first-order valence-electron chi connectivity index (χ1n) is 9.69. The molecule has 0 atom stereocenters. The summed E-state index contributed by atoms with van der Waals surface area (Å²) < 4.78 is 6.68. The molecule has 3 rings (SSSR count). The van der Waals surface area contributed by atoms with E-state index in [0.29, 0.717) is 17.6 Å². The first-order chi connectivity index (χ1) is 14.1. The largest absolute Gasteiger partial charge is 0.494 e. The lowest BCUT2D eigenvalue weighted by Gasteiger charge is -2.09. The van der Waals surface area contributed by atoms with E-state index in [1.165, 1.54) is 6.20 Å². The van der Waals surface area contributed by atoms with Crippen molar-refractivity contribution in [2.45, 2.75) is 32.7 Å². The third-order valence-corrected chi connectivity index (χ3v) is 4.51. The zero-order chi connectivity index (χ0) is 20.6. The fraction of sp³-hybridized carbons (Fsp3) is 0.333. The molecule has 2 N–H and O–H groups in total. The van der Waals surface area contributed by atoms with Crippen molar-refractivity contribution in [2.24, 2.45) is 0 Å². The number of hydrogen-bond acceptors (Lipinski definition) is 5. The van der Waals surface area contributed by atoms with Gasteiger partial charge in [0.05, 0.1) is 12.0 Å². The molecule has 8 nitrogen and oxygen atoms in total. The van der Waals surface area contributed by atoms with E-state index in [9.17, 15) is 14.4 Å². The molecule has 0 aliphatic carbocycles. The molecule has 0 spiro atoms. The molecular weight excluding hydrogens is 372 g/mol. The van der Waals surface area contributed by atoms with Gasteiger partial charge in [-0.05, 0) is 42.8 Å². The minimum absolute atomic E-state index is 0.0589. The molecule has 8 heteroatoms. The summed E-state index contributed by atoms with van der Waals surface area (Å²) in [5, 5.41) is 3.05. The molecule has 0 saturated heterocycles. The van der Waals surface area contributed by atoms with Crippen molar-refractivity contribution in [3.05, 3.63) is 69.0 Å². The van der Waals surface area contributed by atoms with Gasteiger partial charge in [0.1, 0.15) is 11.4 Å². The van der Waals surface area contributed by atoms with Gasteiger partial charge in [0.2, 0.25) is 0 Å². The van der Waals surface area contributed by atoms with Crippen LogP contribution < -0.4 is 21.3 Å². The van der Waals surface area contributed by atoms with Gasteiger partial charge < -0.3 is 10.1 Å². The molecule has 0 fully saturated rings. The maximum atomic E-state index is 12.4. The molecular formula is C21H24N4O4. The van der Waals surface area contributed by atoms with Crippen molar-refractivity contribution in [2.75, 3.05) is 13.2 Å². The number of unbranched alkanes of at least 4 members (excludes halogenated alkanes) is 2. The summed E-state index contributed by atoms with van der Waals surface area (Å²) in [4.78, 5) is 43.4. The second-order valence-corrected chi connectivity index (χ2v) is 6.62. The smallest absolute Gasteiger partial charge is 0.330 e. The van der Waals surface area contributed by atoms with E-state index in [1.807, 2.05) is 0 Å². The predicted octanol–water partition coefficient (Wildman–Crippen LogP) is 2.08. The number of pyridine rings is 1. The fourth-order valence-electron chi connectivity index (χ4n) is 2.91. The van der Waals surface area contributed by atoms with Crippen LogP contribution in [0.1, 0.15) is 36.5 Å². The lowest BCUT2D eigenvalue weighted by molar-refractivity contribution is 0.0952. The summed E-state index contributed by atoms with van der Waals surface area (Å²) in [6, 6.07) is 10.1. The van der Waals surface area contributed by atoms with Gasteiger partial charge in [-0.1, -0.05) is 19.8 Å². The van der Waals surface area contributed by atoms with Gasteiger partial charge in [0, 0.05) is 24.8 Å². The van der Waals surface area contributed by atoms with Crippen molar-refractivity contribution in [3.8, 4) is 5.75 Å². The number of aromatic amines is 1. The molecule has 29 heavy (non-hydrogen) atoms. The van der Waals surface area contributed by atoms with E-state index < -0.39 is 11.2 Å². The van der Waals surface area contributed by atoms with Gasteiger partial charge in [-0.15, -0.1) is 0 Å². The lowest BCUT2D eigenvalue weighted by Crippen LogP contribution is -2.39. The normalized spacial score (nSPS) is 10.8. The predicted molar refractivity (Wildman–Crippen MR) is 110 cm³/mol. The number of aromatic nitrogens is 3. The number of fused-ring (bicyclic) bond motifs is 1. The Kier molecular flexibility index (Phi) is 6.78. The summed E-state index contributed by atoms with van der Waals surface area (Å²) in [6.07, 6.45) is 4.77. The highest BCUT2D eigenvalue weighted by Gasteiger charge is 2.09. The third kappa shape index (κ3) is 5.10. The van der Waals surface area contributed by atoms with Crippen LogP contribution in [0, 0.1) is 0 Å². The van der Waals surface area contributed by atoms with Crippen LogP contribution >= 0.6 is 0 Å². The topological polar surface area (TPSA) is 106 Å². The van der Waals surface area contributed by atoms with E-state index >= 15 is 0 Å². The quantitative estimate of drug-likeness (QED) is 0.539. The summed E-state index contributed by atoms with van der Waals surface area (Å²) in [5.74, 6) is 0.440. The molecule has 0 radical (unpaired) electrons. The molecule has 0 aliphatic heterocycles. The second-order valence-electron chi connectivity index (χ2n) is 6.62. The molecule has 2 aromatic heterocycles. The minimum atomic E-state index is -0.556. The fourth-order valence-corrected chi connectivity index (χ4v) is 2.91. The Morgan fingerprint density at radius 2 is 1.97 bits per heavy atom. The van der Waals surface area contributed by atoms with E-state index in [1.54, 1.807) is 36.4 Å². The van der Waals surface area contributed by atoms with E-state index in [0.717, 1.165) is 29.6 Å². The van der Waals surface area contributed by atoms with Crippen molar-refractivity contribution in [1.82, 2.24) is 19.9 Å². The maximum Gasteiger partial charge on any atom is 0.330 e. The SMILES string of the molecule is CCCCCOc1ccc(C(=O)NCCn2c(=O)[nH]c3ncccc3c2=O)cc1. The standard InChI is InChI=1S/C21H24N4O4/c1-2-3-4-14-29-16-9-7-15(8-10-16)19(26)23-12-13-25-20(27)17-6-5-11-22-18(17)24-21(25)28/h5-11H,2-4,12-14H2,1H3,(H,23,26)(H,22,24,28). The number of amides is 1. The highest BCUT2D eigenvalue weighted by molar-refractivity contribution is 5.94. The Balaban J connectivity index is 1.57. The molecule has 0 aliphatic rings. The van der Waals surface area contributed by atoms with Gasteiger partial charge in [-0.3, -0.25) is 19.1 Å². The van der Waals surface area contributed by atoms with Gasteiger partial charge >= 0.3 is 5.69 Å². The van der Waals surface area contributed by atoms with Gasteiger partial charge in [-0.2, -0.15) is 0 Å². The van der Waals surface area contributed by atoms with E-state index in [2.05, 4.69) is 22.2 Å². The third-order valence-electron chi connectivity index (χ3n) is 4.51. The number of rotatable bonds is 9. The van der Waals surface area contributed by atoms with Crippen molar-refractivity contribution < 1.29 is 9.53 Å². The highest BCUT2D eigenvalue weighted by Crippen LogP contribution is 2.13. The van der Waals surface area contributed by atoms with Crippen LogP contribution in [0.4, 0.5) is 0 Å². The molecule has 0 unspecified atom stereocenters. The number of nitrogens with zero attached hydrogens (tertiary/aromatic N) is 2. The molecule has 0 saturated carbocycles. The first kappa shape index (κ1) is 20.3. The number of ether oxygens (including phenoxy) is 1. The molecule has 1 amide bonds. The van der Waals surface area contributed by atoms with E-state index in [4.69, 9.17) is 4.74 Å². The average Bonchev–Trinajstić information content (AvgIpc) is 2.74. The first-order valence-corrected chi connectivity index (χ1v) is 9.69. The van der Waals surface area contributed by atoms with Crippen LogP contribution in [0.5, 0.6) is 5.75 Å². The molecule has 3 aromatic rings. The van der Waals surface area contributed by atoms with Gasteiger partial charge in [0.25, 0.3) is 11.5 Å². The van der Waals surface area contributed by atoms with Crippen LogP contribution in [0.2, 0.25) is 0 Å². The second kappa shape index (κ2) is 9.68. The Morgan fingerprint density at radius 3 is 2.72 bits per heavy atom. The Labute approximate surface area is 167 Å². The summed E-state index contributed by atoms with van der Waals surface area (Å²) in [5.41, 5.74) is -0.259. The number of benzene rings is 1. The number of H-pyrrole nitrogens is 1. The van der Waals surface area contributed by atoms with Crippen LogP contribution in [-0.2, 0) is 6.54 Å². The average molecular weight is 396 g/mol. The van der Waals surface area contributed by atoms with Crippen molar-refractivity contribution in [3.63, 3.8) is 0 Å². The Morgan fingerprint density at radius 1 is 1.17 bits per heavy atom. The monoisotopic (exact) mass is 396 g/mol. The summed E-state index contributed by atoms with van der Waals surface area (Å²) in [6.45, 7) is 2.99.